The summed E-state index contributed by atoms with van der Waals surface area (Å²) in [4.78, 5) is 2.41. The topological polar surface area (TPSA) is 3.24 Å². The normalized spacial score (nSPS) is 12.5. The Labute approximate surface area is 143 Å². The average molecular weight is 311 g/mol. The zero-order chi connectivity index (χ0) is 16.7. The van der Waals surface area contributed by atoms with Crippen molar-refractivity contribution >= 4 is 29.2 Å². The van der Waals surface area contributed by atoms with Crippen LogP contribution in [0.3, 0.4) is 0 Å². The summed E-state index contributed by atoms with van der Waals surface area (Å²) >= 11 is 0. The zero-order valence-electron chi connectivity index (χ0n) is 14.4. The Morgan fingerprint density at radius 1 is 0.625 bits per heavy atom. The van der Waals surface area contributed by atoms with E-state index in [1.165, 1.54) is 44.9 Å². The lowest BCUT2D eigenvalue weighted by molar-refractivity contribution is 1.20. The van der Waals surface area contributed by atoms with Crippen LogP contribution in [-0.4, -0.2) is 0 Å². The lowest BCUT2D eigenvalue weighted by Crippen LogP contribution is -2.14. The standard InChI is InChI=1S/C23H21N/c1-16-14-17(2)23(18(3)15-16)24-21-10-6-4-8-19(21)12-13-20-9-5-7-11-22(20)24/h4-15H,1-3H3. The molecule has 0 atom stereocenters. The fourth-order valence-electron chi connectivity index (χ4n) is 3.74. The van der Waals surface area contributed by atoms with Gasteiger partial charge in [0.1, 0.15) is 0 Å². The summed E-state index contributed by atoms with van der Waals surface area (Å²) in [6, 6.07) is 21.8. The summed E-state index contributed by atoms with van der Waals surface area (Å²) < 4.78 is 0. The Kier molecular flexibility index (Phi) is 3.50. The lowest BCUT2D eigenvalue weighted by atomic mass is 10.0. The van der Waals surface area contributed by atoms with Gasteiger partial charge in [0.15, 0.2) is 0 Å². The van der Waals surface area contributed by atoms with E-state index < -0.39 is 0 Å². The third kappa shape index (κ3) is 2.33. The minimum absolute atomic E-state index is 1.23. The third-order valence-corrected chi connectivity index (χ3v) is 4.66. The van der Waals surface area contributed by atoms with Crippen molar-refractivity contribution < 1.29 is 0 Å². The second-order valence-electron chi connectivity index (χ2n) is 6.53. The van der Waals surface area contributed by atoms with Crippen LogP contribution in [0.25, 0.3) is 12.2 Å². The Balaban J connectivity index is 2.07. The summed E-state index contributed by atoms with van der Waals surface area (Å²) in [6.07, 6.45) is 4.43. The van der Waals surface area contributed by atoms with Crippen LogP contribution in [0, 0.1) is 20.8 Å². The van der Waals surface area contributed by atoms with E-state index in [4.69, 9.17) is 0 Å². The smallest absolute Gasteiger partial charge is 0.0534 e. The van der Waals surface area contributed by atoms with Crippen molar-refractivity contribution in [3.63, 3.8) is 0 Å². The van der Waals surface area contributed by atoms with Crippen molar-refractivity contribution in [1.82, 2.24) is 0 Å². The first-order valence-corrected chi connectivity index (χ1v) is 8.39. The van der Waals surface area contributed by atoms with E-state index >= 15 is 0 Å². The van der Waals surface area contributed by atoms with Crippen molar-refractivity contribution in [2.75, 3.05) is 4.90 Å². The molecule has 4 rings (SSSR count). The number of aryl methyl sites for hydroxylation is 3. The molecule has 0 fully saturated rings. The van der Waals surface area contributed by atoms with Gasteiger partial charge in [-0.2, -0.15) is 0 Å². The number of hydrogen-bond acceptors (Lipinski definition) is 1. The van der Waals surface area contributed by atoms with Crippen molar-refractivity contribution in [2.24, 2.45) is 0 Å². The molecule has 3 aromatic rings. The fourth-order valence-corrected chi connectivity index (χ4v) is 3.74. The molecule has 0 spiro atoms. The van der Waals surface area contributed by atoms with E-state index in [2.05, 4.69) is 98.5 Å². The molecule has 0 amide bonds. The van der Waals surface area contributed by atoms with Crippen LogP contribution in [0.15, 0.2) is 60.7 Å². The minimum Gasteiger partial charge on any atom is -0.309 e. The van der Waals surface area contributed by atoms with Gasteiger partial charge in [-0.15, -0.1) is 0 Å². The van der Waals surface area contributed by atoms with Crippen LogP contribution in [0.4, 0.5) is 17.1 Å². The van der Waals surface area contributed by atoms with E-state index in [1.54, 1.807) is 0 Å². The number of rotatable bonds is 1. The van der Waals surface area contributed by atoms with Gasteiger partial charge >= 0.3 is 0 Å². The highest BCUT2D eigenvalue weighted by Gasteiger charge is 2.22. The van der Waals surface area contributed by atoms with E-state index in [0.29, 0.717) is 0 Å². The molecular weight excluding hydrogens is 290 g/mol. The van der Waals surface area contributed by atoms with E-state index in [-0.39, 0.29) is 0 Å². The number of fused-ring (bicyclic) bond motifs is 2. The van der Waals surface area contributed by atoms with Crippen LogP contribution >= 0.6 is 0 Å². The van der Waals surface area contributed by atoms with Gasteiger partial charge in [-0.1, -0.05) is 66.2 Å². The van der Waals surface area contributed by atoms with Crippen LogP contribution in [-0.2, 0) is 0 Å². The van der Waals surface area contributed by atoms with Crippen LogP contribution in [0.1, 0.15) is 27.8 Å². The zero-order valence-corrected chi connectivity index (χ0v) is 14.4. The van der Waals surface area contributed by atoms with Gasteiger partial charge in [0.05, 0.1) is 17.1 Å². The molecular formula is C23H21N. The number of nitrogens with zero attached hydrogens (tertiary/aromatic N) is 1. The van der Waals surface area contributed by atoms with Crippen LogP contribution in [0.2, 0.25) is 0 Å². The van der Waals surface area contributed by atoms with Crippen molar-refractivity contribution in [2.45, 2.75) is 20.8 Å². The summed E-state index contributed by atoms with van der Waals surface area (Å²) in [5.74, 6) is 0. The van der Waals surface area contributed by atoms with Gasteiger partial charge in [-0.25, -0.2) is 0 Å². The van der Waals surface area contributed by atoms with Gasteiger partial charge in [0.2, 0.25) is 0 Å². The Morgan fingerprint density at radius 3 is 1.58 bits per heavy atom. The summed E-state index contributed by atoms with van der Waals surface area (Å²) in [5, 5.41) is 0. The van der Waals surface area contributed by atoms with Crippen molar-refractivity contribution in [3.05, 3.63) is 88.5 Å². The largest absolute Gasteiger partial charge is 0.309 e. The predicted octanol–water partition coefficient (Wildman–Crippen LogP) is 6.57. The molecule has 1 nitrogen and oxygen atoms in total. The number of anilines is 3. The quantitative estimate of drug-likeness (QED) is 0.384. The van der Waals surface area contributed by atoms with E-state index in [1.807, 2.05) is 0 Å². The first-order chi connectivity index (χ1) is 11.6. The second kappa shape index (κ2) is 5.68. The van der Waals surface area contributed by atoms with E-state index in [9.17, 15) is 0 Å². The molecule has 1 heteroatoms. The maximum absolute atomic E-state index is 2.41. The highest BCUT2D eigenvalue weighted by Crippen LogP contribution is 2.44. The molecule has 1 aliphatic heterocycles. The number of para-hydroxylation sites is 2. The third-order valence-electron chi connectivity index (χ3n) is 4.66. The van der Waals surface area contributed by atoms with Crippen LogP contribution < -0.4 is 4.90 Å². The van der Waals surface area contributed by atoms with Crippen molar-refractivity contribution in [3.8, 4) is 0 Å². The molecule has 1 heterocycles. The van der Waals surface area contributed by atoms with Gasteiger partial charge in [0.25, 0.3) is 0 Å². The molecule has 0 unspecified atom stereocenters. The molecule has 118 valence electrons. The molecule has 0 aromatic heterocycles. The van der Waals surface area contributed by atoms with E-state index in [0.717, 1.165) is 0 Å². The Hall–Kier alpha value is -2.80. The SMILES string of the molecule is Cc1cc(C)c(N2c3ccccc3C=Cc3ccccc32)c(C)c1. The van der Waals surface area contributed by atoms with Gasteiger partial charge in [0, 0.05) is 0 Å². The fraction of sp³-hybridized carbons (Fsp3) is 0.130. The van der Waals surface area contributed by atoms with Gasteiger partial charge < -0.3 is 4.90 Å². The highest BCUT2D eigenvalue weighted by atomic mass is 15.2. The van der Waals surface area contributed by atoms with Gasteiger partial charge in [-0.3, -0.25) is 0 Å². The molecule has 0 aliphatic carbocycles. The maximum Gasteiger partial charge on any atom is 0.0534 e. The summed E-state index contributed by atoms with van der Waals surface area (Å²) in [5.41, 5.74) is 10.1. The van der Waals surface area contributed by atoms with Crippen LogP contribution in [0.5, 0.6) is 0 Å². The molecule has 1 aliphatic rings. The second-order valence-corrected chi connectivity index (χ2v) is 6.53. The number of benzene rings is 3. The molecule has 0 saturated heterocycles. The highest BCUT2D eigenvalue weighted by molar-refractivity contribution is 5.94. The molecule has 24 heavy (non-hydrogen) atoms. The first kappa shape index (κ1) is 14.8. The summed E-state index contributed by atoms with van der Waals surface area (Å²) in [6.45, 7) is 6.58. The first-order valence-electron chi connectivity index (χ1n) is 8.39. The minimum atomic E-state index is 1.23. The van der Waals surface area contributed by atoms with Crippen molar-refractivity contribution in [1.29, 1.82) is 0 Å². The summed E-state index contributed by atoms with van der Waals surface area (Å²) in [7, 11) is 0. The predicted molar refractivity (Wildman–Crippen MR) is 104 cm³/mol. The maximum atomic E-state index is 2.41. The van der Waals surface area contributed by atoms with Gasteiger partial charge in [-0.05, 0) is 55.2 Å². The molecule has 0 N–H and O–H groups in total. The average Bonchev–Trinajstić information content (AvgIpc) is 2.72. The Bertz CT molecular complexity index is 877. The monoisotopic (exact) mass is 311 g/mol. The Morgan fingerprint density at radius 2 is 1.08 bits per heavy atom. The molecule has 0 radical (unpaired) electrons. The molecule has 0 bridgehead atoms. The lowest BCUT2D eigenvalue weighted by Gasteiger charge is -2.30. The number of hydrogen-bond donors (Lipinski definition) is 0. The molecule has 3 aromatic carbocycles. The molecule has 0 saturated carbocycles.